The van der Waals surface area contributed by atoms with Gasteiger partial charge in [-0.05, 0) is 19.4 Å². The highest BCUT2D eigenvalue weighted by Crippen LogP contribution is 2.30. The van der Waals surface area contributed by atoms with Crippen molar-refractivity contribution in [1.82, 2.24) is 4.98 Å². The molecule has 1 aromatic heterocycles. The Morgan fingerprint density at radius 3 is 2.82 bits per heavy atom. The van der Waals surface area contributed by atoms with E-state index in [1.165, 1.54) is 0 Å². The van der Waals surface area contributed by atoms with Gasteiger partial charge in [0, 0.05) is 19.2 Å². The highest BCUT2D eigenvalue weighted by Gasteiger charge is 2.40. The van der Waals surface area contributed by atoms with Gasteiger partial charge in [-0.1, -0.05) is 19.4 Å². The summed E-state index contributed by atoms with van der Waals surface area (Å²) in [7, 11) is 0. The van der Waals surface area contributed by atoms with Gasteiger partial charge in [-0.2, -0.15) is 4.98 Å². The fourth-order valence-electron chi connectivity index (χ4n) is 2.26. The first-order chi connectivity index (χ1) is 8.17. The number of β-amino-alcohol motifs (C(OH)–C–C–N with tert-alkyl or cyclic N) is 1. The van der Waals surface area contributed by atoms with Gasteiger partial charge in [0.1, 0.15) is 5.82 Å². The molecule has 0 unspecified atom stereocenters. The molecule has 2 rings (SSSR count). The molecule has 0 atom stereocenters. The van der Waals surface area contributed by atoms with E-state index in [2.05, 4.69) is 16.8 Å². The van der Waals surface area contributed by atoms with Crippen LogP contribution in [0.1, 0.15) is 26.7 Å². The molecular formula is C13H20N2O2. The van der Waals surface area contributed by atoms with Crippen LogP contribution in [0.5, 0.6) is 5.88 Å². The van der Waals surface area contributed by atoms with Crippen LogP contribution in [-0.2, 0) is 0 Å². The Labute approximate surface area is 102 Å². The van der Waals surface area contributed by atoms with Crippen LogP contribution >= 0.6 is 0 Å². The second kappa shape index (κ2) is 4.92. The first-order valence-electron chi connectivity index (χ1n) is 6.24. The maximum absolute atomic E-state index is 10.1. The zero-order valence-corrected chi connectivity index (χ0v) is 10.5. The molecule has 4 heteroatoms. The minimum Gasteiger partial charge on any atom is -0.478 e. The number of hydrogen-bond acceptors (Lipinski definition) is 4. The molecule has 0 aliphatic carbocycles. The summed E-state index contributed by atoms with van der Waals surface area (Å²) < 4.78 is 5.36. The monoisotopic (exact) mass is 236 g/mol. The van der Waals surface area contributed by atoms with Gasteiger partial charge in [0.05, 0.1) is 12.2 Å². The van der Waals surface area contributed by atoms with Gasteiger partial charge in [-0.15, -0.1) is 0 Å². The Kier molecular flexibility index (Phi) is 3.52. The lowest BCUT2D eigenvalue weighted by Crippen LogP contribution is -2.62. The minimum atomic E-state index is -0.516. The first kappa shape index (κ1) is 12.2. The van der Waals surface area contributed by atoms with Gasteiger partial charge in [0.15, 0.2) is 0 Å². The van der Waals surface area contributed by atoms with Gasteiger partial charge >= 0.3 is 0 Å². The van der Waals surface area contributed by atoms with Crippen LogP contribution in [0.2, 0.25) is 0 Å². The van der Waals surface area contributed by atoms with E-state index in [1.807, 2.05) is 25.1 Å². The van der Waals surface area contributed by atoms with Crippen molar-refractivity contribution in [3.63, 3.8) is 0 Å². The zero-order valence-electron chi connectivity index (χ0n) is 10.5. The van der Waals surface area contributed by atoms with Gasteiger partial charge in [0.25, 0.3) is 0 Å². The number of pyridine rings is 1. The number of aromatic nitrogens is 1. The molecule has 1 aromatic rings. The molecule has 1 saturated heterocycles. The number of nitrogens with zero attached hydrogens (tertiary/aromatic N) is 2. The third-order valence-corrected chi connectivity index (χ3v) is 3.01. The molecule has 2 heterocycles. The van der Waals surface area contributed by atoms with E-state index in [-0.39, 0.29) is 0 Å². The van der Waals surface area contributed by atoms with Crippen molar-refractivity contribution in [2.45, 2.75) is 32.3 Å². The van der Waals surface area contributed by atoms with Gasteiger partial charge in [0.2, 0.25) is 5.88 Å². The normalized spacial score (nSPS) is 17.7. The smallest absolute Gasteiger partial charge is 0.215 e. The van der Waals surface area contributed by atoms with Crippen molar-refractivity contribution in [2.75, 3.05) is 24.6 Å². The largest absolute Gasteiger partial charge is 0.478 e. The number of aliphatic hydroxyl groups is 1. The van der Waals surface area contributed by atoms with Crippen LogP contribution in [0, 0.1) is 0 Å². The van der Waals surface area contributed by atoms with Crippen LogP contribution in [0.3, 0.4) is 0 Å². The van der Waals surface area contributed by atoms with Crippen LogP contribution in [0.15, 0.2) is 18.2 Å². The van der Waals surface area contributed by atoms with E-state index in [1.54, 1.807) is 0 Å². The highest BCUT2D eigenvalue weighted by molar-refractivity contribution is 5.45. The van der Waals surface area contributed by atoms with Crippen LogP contribution in [0.25, 0.3) is 0 Å². The van der Waals surface area contributed by atoms with Crippen molar-refractivity contribution in [1.29, 1.82) is 0 Å². The first-order valence-corrected chi connectivity index (χ1v) is 6.24. The molecule has 0 aromatic carbocycles. The Balaban J connectivity index is 1.98. The molecule has 1 aliphatic rings. The zero-order chi connectivity index (χ0) is 12.3. The Morgan fingerprint density at radius 2 is 2.18 bits per heavy atom. The lowest BCUT2D eigenvalue weighted by molar-refractivity contribution is 0.00288. The SMILES string of the molecule is CCCC1(O)CN(c2cccc(OCC)n2)C1. The molecular weight excluding hydrogens is 216 g/mol. The summed E-state index contributed by atoms with van der Waals surface area (Å²) in [5, 5.41) is 10.1. The number of anilines is 1. The summed E-state index contributed by atoms with van der Waals surface area (Å²) in [6, 6.07) is 5.74. The molecule has 0 saturated carbocycles. The van der Waals surface area contributed by atoms with E-state index >= 15 is 0 Å². The third-order valence-electron chi connectivity index (χ3n) is 3.01. The van der Waals surface area contributed by atoms with Crippen molar-refractivity contribution >= 4 is 5.82 Å². The number of ether oxygens (including phenoxy) is 1. The molecule has 4 nitrogen and oxygen atoms in total. The van der Waals surface area contributed by atoms with E-state index < -0.39 is 5.60 Å². The Hall–Kier alpha value is -1.29. The molecule has 94 valence electrons. The number of rotatable bonds is 5. The summed E-state index contributed by atoms with van der Waals surface area (Å²) in [4.78, 5) is 6.48. The molecule has 0 radical (unpaired) electrons. The van der Waals surface area contributed by atoms with E-state index in [4.69, 9.17) is 4.74 Å². The fourth-order valence-corrected chi connectivity index (χ4v) is 2.26. The average molecular weight is 236 g/mol. The van der Waals surface area contributed by atoms with E-state index in [0.717, 1.165) is 18.7 Å². The predicted molar refractivity (Wildman–Crippen MR) is 67.5 cm³/mol. The van der Waals surface area contributed by atoms with Crippen LogP contribution in [0.4, 0.5) is 5.82 Å². The van der Waals surface area contributed by atoms with Gasteiger partial charge in [-0.3, -0.25) is 0 Å². The maximum Gasteiger partial charge on any atom is 0.215 e. The van der Waals surface area contributed by atoms with Gasteiger partial charge in [-0.25, -0.2) is 0 Å². The summed E-state index contributed by atoms with van der Waals surface area (Å²) in [6.07, 6.45) is 1.87. The highest BCUT2D eigenvalue weighted by atomic mass is 16.5. The van der Waals surface area contributed by atoms with Crippen molar-refractivity contribution < 1.29 is 9.84 Å². The van der Waals surface area contributed by atoms with E-state index in [0.29, 0.717) is 25.6 Å². The molecule has 1 N–H and O–H groups in total. The van der Waals surface area contributed by atoms with Crippen LogP contribution in [-0.4, -0.2) is 35.4 Å². The Bertz CT molecular complexity index is 375. The second-order valence-corrected chi connectivity index (χ2v) is 4.60. The topological polar surface area (TPSA) is 45.6 Å². The molecule has 0 spiro atoms. The Morgan fingerprint density at radius 1 is 1.41 bits per heavy atom. The lowest BCUT2D eigenvalue weighted by atomic mass is 9.89. The van der Waals surface area contributed by atoms with Crippen molar-refractivity contribution in [3.05, 3.63) is 18.2 Å². The van der Waals surface area contributed by atoms with Gasteiger partial charge < -0.3 is 14.7 Å². The molecule has 0 bridgehead atoms. The second-order valence-electron chi connectivity index (χ2n) is 4.60. The molecule has 0 amide bonds. The molecule has 1 fully saturated rings. The standard InChI is InChI=1S/C13H20N2O2/c1-3-8-13(16)9-15(10-13)11-6-5-7-12(14-11)17-4-2/h5-7,16H,3-4,8-10H2,1-2H3. The van der Waals surface area contributed by atoms with Crippen molar-refractivity contribution in [3.8, 4) is 5.88 Å². The lowest BCUT2D eigenvalue weighted by Gasteiger charge is -2.47. The number of hydrogen-bond donors (Lipinski definition) is 1. The third kappa shape index (κ3) is 2.69. The quantitative estimate of drug-likeness (QED) is 0.847. The van der Waals surface area contributed by atoms with E-state index in [9.17, 15) is 5.11 Å². The maximum atomic E-state index is 10.1. The molecule has 17 heavy (non-hydrogen) atoms. The minimum absolute atomic E-state index is 0.516. The van der Waals surface area contributed by atoms with Crippen molar-refractivity contribution in [2.24, 2.45) is 0 Å². The predicted octanol–water partition coefficient (Wildman–Crippen LogP) is 1.83. The summed E-state index contributed by atoms with van der Waals surface area (Å²) in [6.45, 7) is 6.00. The summed E-state index contributed by atoms with van der Waals surface area (Å²) >= 11 is 0. The molecule has 1 aliphatic heterocycles. The fraction of sp³-hybridized carbons (Fsp3) is 0.615. The summed E-state index contributed by atoms with van der Waals surface area (Å²) in [5.41, 5.74) is -0.516. The average Bonchev–Trinajstić information content (AvgIpc) is 2.27. The summed E-state index contributed by atoms with van der Waals surface area (Å²) in [5.74, 6) is 1.53. The van der Waals surface area contributed by atoms with Crippen LogP contribution < -0.4 is 9.64 Å².